The minimum Gasteiger partial charge on any atom is -0.374 e. The molecule has 0 aliphatic carbocycles. The number of hydrogen-bond donors (Lipinski definition) is 1. The predicted molar refractivity (Wildman–Crippen MR) is 51.9 cm³/mol. The van der Waals surface area contributed by atoms with Gasteiger partial charge in [-0.05, 0) is 38.6 Å². The molecule has 1 atom stereocenters. The van der Waals surface area contributed by atoms with Gasteiger partial charge in [0.25, 0.3) is 0 Å². The first-order chi connectivity index (χ1) is 5.41. The van der Waals surface area contributed by atoms with Gasteiger partial charge in [-0.1, -0.05) is 0 Å². The van der Waals surface area contributed by atoms with E-state index in [4.69, 9.17) is 4.74 Å². The smallest absolute Gasteiger partial charge is 0.0806 e. The van der Waals surface area contributed by atoms with E-state index < -0.39 is 0 Å². The lowest BCUT2D eigenvalue weighted by Gasteiger charge is -2.40. The number of ether oxygens (including phenoxy) is 1. The van der Waals surface area contributed by atoms with Gasteiger partial charge in [0, 0.05) is 13.2 Å². The van der Waals surface area contributed by atoms with Crippen LogP contribution in [0.5, 0.6) is 0 Å². The second kappa shape index (κ2) is 4.45. The zero-order chi connectivity index (χ0) is 7.57. The number of halogens is 1. The van der Waals surface area contributed by atoms with Crippen molar-refractivity contribution in [1.29, 1.82) is 0 Å². The normalized spacial score (nSPS) is 36.0. The van der Waals surface area contributed by atoms with Crippen molar-refractivity contribution in [2.24, 2.45) is 0 Å². The van der Waals surface area contributed by atoms with Crippen LogP contribution in [-0.4, -0.2) is 25.3 Å². The maximum atomic E-state index is 5.84. The summed E-state index contributed by atoms with van der Waals surface area (Å²) in [6.45, 7) is 3.26. The van der Waals surface area contributed by atoms with Crippen molar-refractivity contribution >= 4 is 12.4 Å². The van der Waals surface area contributed by atoms with Crippen molar-refractivity contribution in [1.82, 2.24) is 5.32 Å². The van der Waals surface area contributed by atoms with Crippen LogP contribution in [0.3, 0.4) is 0 Å². The van der Waals surface area contributed by atoms with Crippen LogP contribution < -0.4 is 5.32 Å². The van der Waals surface area contributed by atoms with Gasteiger partial charge >= 0.3 is 0 Å². The van der Waals surface area contributed by atoms with E-state index in [1.165, 1.54) is 38.6 Å². The first kappa shape index (κ1) is 10.3. The fourth-order valence-electron chi connectivity index (χ4n) is 2.19. The molecular formula is C9H18ClNO. The largest absolute Gasteiger partial charge is 0.374 e. The zero-order valence-corrected chi connectivity index (χ0v) is 8.29. The van der Waals surface area contributed by atoms with E-state index in [2.05, 4.69) is 5.32 Å². The molecule has 2 aliphatic heterocycles. The van der Waals surface area contributed by atoms with E-state index >= 15 is 0 Å². The molecule has 2 rings (SSSR count). The SMILES string of the molecule is C1CCC2(CCCNC2)OC1.Cl. The summed E-state index contributed by atoms with van der Waals surface area (Å²) >= 11 is 0. The van der Waals surface area contributed by atoms with Gasteiger partial charge in [-0.2, -0.15) is 0 Å². The van der Waals surface area contributed by atoms with E-state index in [1.54, 1.807) is 0 Å². The Morgan fingerprint density at radius 3 is 2.50 bits per heavy atom. The van der Waals surface area contributed by atoms with Gasteiger partial charge in [0.1, 0.15) is 0 Å². The molecule has 0 saturated carbocycles. The van der Waals surface area contributed by atoms with Gasteiger partial charge in [0.05, 0.1) is 5.60 Å². The van der Waals surface area contributed by atoms with E-state index in [-0.39, 0.29) is 18.0 Å². The summed E-state index contributed by atoms with van der Waals surface area (Å²) in [6.07, 6.45) is 6.48. The molecule has 1 spiro atoms. The van der Waals surface area contributed by atoms with Crippen molar-refractivity contribution in [3.63, 3.8) is 0 Å². The van der Waals surface area contributed by atoms with Crippen molar-refractivity contribution in [2.75, 3.05) is 19.7 Å². The molecule has 2 nitrogen and oxygen atoms in total. The van der Waals surface area contributed by atoms with Gasteiger partial charge in [-0.25, -0.2) is 0 Å². The maximum absolute atomic E-state index is 5.84. The van der Waals surface area contributed by atoms with E-state index in [9.17, 15) is 0 Å². The molecule has 0 aromatic heterocycles. The van der Waals surface area contributed by atoms with Gasteiger partial charge in [0.15, 0.2) is 0 Å². The summed E-state index contributed by atoms with van der Waals surface area (Å²) in [4.78, 5) is 0. The first-order valence-electron chi connectivity index (χ1n) is 4.76. The lowest BCUT2D eigenvalue weighted by molar-refractivity contribution is -0.0902. The molecule has 0 aromatic carbocycles. The molecule has 1 N–H and O–H groups in total. The maximum Gasteiger partial charge on any atom is 0.0806 e. The third-order valence-corrected chi connectivity index (χ3v) is 2.87. The molecule has 2 heterocycles. The fraction of sp³-hybridized carbons (Fsp3) is 1.00. The van der Waals surface area contributed by atoms with E-state index in [0.717, 1.165) is 13.2 Å². The van der Waals surface area contributed by atoms with E-state index in [0.29, 0.717) is 0 Å². The Kier molecular flexibility index (Phi) is 3.81. The van der Waals surface area contributed by atoms with Gasteiger partial charge in [-0.3, -0.25) is 0 Å². The summed E-state index contributed by atoms with van der Waals surface area (Å²) in [5, 5.41) is 3.42. The molecule has 0 bridgehead atoms. The Bertz CT molecular complexity index is 109. The van der Waals surface area contributed by atoms with Crippen LogP contribution in [-0.2, 0) is 4.74 Å². The Balaban J connectivity index is 0.000000720. The van der Waals surface area contributed by atoms with Crippen molar-refractivity contribution in [3.8, 4) is 0 Å². The highest BCUT2D eigenvalue weighted by atomic mass is 35.5. The summed E-state index contributed by atoms with van der Waals surface area (Å²) in [5.74, 6) is 0. The Morgan fingerprint density at radius 1 is 1.08 bits per heavy atom. The Morgan fingerprint density at radius 2 is 1.92 bits per heavy atom. The number of hydrogen-bond acceptors (Lipinski definition) is 2. The van der Waals surface area contributed by atoms with Crippen LogP contribution in [0.1, 0.15) is 32.1 Å². The molecule has 1 unspecified atom stereocenters. The highest BCUT2D eigenvalue weighted by Gasteiger charge is 2.34. The fourth-order valence-corrected chi connectivity index (χ4v) is 2.19. The zero-order valence-electron chi connectivity index (χ0n) is 7.47. The quantitative estimate of drug-likeness (QED) is 0.630. The summed E-state index contributed by atoms with van der Waals surface area (Å²) < 4.78 is 5.84. The van der Waals surface area contributed by atoms with Crippen LogP contribution in [0.4, 0.5) is 0 Å². The van der Waals surface area contributed by atoms with Crippen molar-refractivity contribution < 1.29 is 4.74 Å². The number of rotatable bonds is 0. The van der Waals surface area contributed by atoms with Crippen molar-refractivity contribution in [2.45, 2.75) is 37.7 Å². The summed E-state index contributed by atoms with van der Waals surface area (Å²) in [7, 11) is 0. The van der Waals surface area contributed by atoms with Crippen LogP contribution in [0.15, 0.2) is 0 Å². The Labute approximate surface area is 80.5 Å². The number of piperidine rings is 1. The second-order valence-corrected chi connectivity index (χ2v) is 3.77. The predicted octanol–water partition coefficient (Wildman–Crippen LogP) is 1.73. The summed E-state index contributed by atoms with van der Waals surface area (Å²) in [6, 6.07) is 0. The third-order valence-electron chi connectivity index (χ3n) is 2.87. The first-order valence-corrected chi connectivity index (χ1v) is 4.76. The van der Waals surface area contributed by atoms with Crippen LogP contribution in [0.25, 0.3) is 0 Å². The van der Waals surface area contributed by atoms with Crippen LogP contribution in [0.2, 0.25) is 0 Å². The topological polar surface area (TPSA) is 21.3 Å². The number of nitrogens with one attached hydrogen (secondary N) is 1. The monoisotopic (exact) mass is 191 g/mol. The van der Waals surface area contributed by atoms with Gasteiger partial charge in [-0.15, -0.1) is 12.4 Å². The summed E-state index contributed by atoms with van der Waals surface area (Å²) in [5.41, 5.74) is 0.247. The molecule has 2 aliphatic rings. The lowest BCUT2D eigenvalue weighted by atomic mass is 9.87. The van der Waals surface area contributed by atoms with Crippen LogP contribution >= 0.6 is 12.4 Å². The van der Waals surface area contributed by atoms with Gasteiger partial charge in [0.2, 0.25) is 0 Å². The Hall–Kier alpha value is 0.210. The molecular weight excluding hydrogens is 174 g/mol. The molecule has 2 fully saturated rings. The standard InChI is InChI=1S/C9H17NO.ClH/c1-2-7-11-9(4-1)5-3-6-10-8-9;/h10H,1-8H2;1H. The average molecular weight is 192 g/mol. The minimum absolute atomic E-state index is 0. The van der Waals surface area contributed by atoms with E-state index in [1.807, 2.05) is 0 Å². The van der Waals surface area contributed by atoms with Gasteiger partial charge < -0.3 is 10.1 Å². The highest BCUT2D eigenvalue weighted by Crippen LogP contribution is 2.30. The lowest BCUT2D eigenvalue weighted by Crippen LogP contribution is -2.49. The molecule has 0 radical (unpaired) electrons. The molecule has 0 aromatic rings. The molecule has 12 heavy (non-hydrogen) atoms. The molecule has 2 saturated heterocycles. The third kappa shape index (κ3) is 2.12. The van der Waals surface area contributed by atoms with Crippen molar-refractivity contribution in [3.05, 3.63) is 0 Å². The highest BCUT2D eigenvalue weighted by molar-refractivity contribution is 5.85. The average Bonchev–Trinajstić information content (AvgIpc) is 2.07. The molecule has 72 valence electrons. The minimum atomic E-state index is 0. The second-order valence-electron chi connectivity index (χ2n) is 3.77. The molecule has 0 amide bonds. The molecule has 3 heteroatoms. The van der Waals surface area contributed by atoms with Crippen LogP contribution in [0, 0.1) is 0 Å².